The Balaban J connectivity index is 1.84. The van der Waals surface area contributed by atoms with Gasteiger partial charge in [-0.25, -0.2) is 8.42 Å². The number of likely N-dealkylation sites (N-methyl/N-ethyl adjacent to an activating group) is 1. The first-order valence-corrected chi connectivity index (χ1v) is 10.5. The molecule has 0 atom stereocenters. The number of hydrogen-bond donors (Lipinski definition) is 0. The van der Waals surface area contributed by atoms with Crippen LogP contribution in [0.25, 0.3) is 10.9 Å². The van der Waals surface area contributed by atoms with E-state index >= 15 is 0 Å². The van der Waals surface area contributed by atoms with Gasteiger partial charge in [-0.2, -0.15) is 4.31 Å². The number of hydrogen-bond acceptors (Lipinski definition) is 5. The van der Waals surface area contributed by atoms with Crippen molar-refractivity contribution in [1.29, 1.82) is 0 Å². The molecule has 8 heteroatoms. The van der Waals surface area contributed by atoms with Crippen molar-refractivity contribution < 1.29 is 13.2 Å². The Labute approximate surface area is 160 Å². The summed E-state index contributed by atoms with van der Waals surface area (Å²) in [6.45, 7) is 4.32. The fraction of sp³-hybridized carbons (Fsp3) is 0.474. The van der Waals surface area contributed by atoms with Crippen molar-refractivity contribution in [1.82, 2.24) is 19.1 Å². The van der Waals surface area contributed by atoms with Gasteiger partial charge in [-0.1, -0.05) is 6.07 Å². The van der Waals surface area contributed by atoms with Crippen LogP contribution < -0.4 is 0 Å². The van der Waals surface area contributed by atoms with Crippen LogP contribution in [0.1, 0.15) is 12.0 Å². The second-order valence-electron chi connectivity index (χ2n) is 7.10. The molecule has 1 saturated heterocycles. The second kappa shape index (κ2) is 7.92. The number of pyridine rings is 1. The zero-order valence-corrected chi connectivity index (χ0v) is 16.9. The first kappa shape index (κ1) is 19.7. The number of amides is 1. The number of fused-ring (bicyclic) bond motifs is 1. The lowest BCUT2D eigenvalue weighted by atomic mass is 10.1. The maximum Gasteiger partial charge on any atom is 0.243 e. The molecule has 27 heavy (non-hydrogen) atoms. The average molecular weight is 391 g/mol. The summed E-state index contributed by atoms with van der Waals surface area (Å²) in [4.78, 5) is 20.2. The first-order valence-electron chi connectivity index (χ1n) is 9.07. The van der Waals surface area contributed by atoms with Crippen LogP contribution in [0.2, 0.25) is 0 Å². The molecular weight excluding hydrogens is 364 g/mol. The number of nitrogens with zero attached hydrogens (tertiary/aromatic N) is 4. The van der Waals surface area contributed by atoms with E-state index in [1.165, 1.54) is 4.31 Å². The zero-order valence-electron chi connectivity index (χ0n) is 16.1. The first-order chi connectivity index (χ1) is 12.8. The zero-order chi connectivity index (χ0) is 19.6. The molecule has 146 valence electrons. The van der Waals surface area contributed by atoms with E-state index in [-0.39, 0.29) is 5.91 Å². The molecule has 1 aromatic carbocycles. The van der Waals surface area contributed by atoms with E-state index in [9.17, 15) is 13.2 Å². The molecule has 0 unspecified atom stereocenters. The van der Waals surface area contributed by atoms with Crippen LogP contribution in [0.5, 0.6) is 0 Å². The molecule has 0 N–H and O–H groups in total. The summed E-state index contributed by atoms with van der Waals surface area (Å²) in [7, 11) is -0.166. The van der Waals surface area contributed by atoms with Crippen molar-refractivity contribution >= 4 is 26.8 Å². The fourth-order valence-electron chi connectivity index (χ4n) is 3.33. The molecular formula is C19H26N4O3S. The average Bonchev–Trinajstić information content (AvgIpc) is 2.88. The Bertz CT molecular complexity index is 943. The van der Waals surface area contributed by atoms with Gasteiger partial charge in [-0.15, -0.1) is 0 Å². The van der Waals surface area contributed by atoms with E-state index in [4.69, 9.17) is 0 Å². The molecule has 2 aromatic rings. The molecule has 1 fully saturated rings. The number of aryl methyl sites for hydroxylation is 1. The molecule has 0 aliphatic carbocycles. The summed E-state index contributed by atoms with van der Waals surface area (Å²) in [6, 6.07) is 7.05. The van der Waals surface area contributed by atoms with Crippen molar-refractivity contribution in [3.8, 4) is 0 Å². The van der Waals surface area contributed by atoms with Gasteiger partial charge in [0, 0.05) is 45.3 Å². The minimum Gasteiger partial charge on any atom is -0.348 e. The Morgan fingerprint density at radius 2 is 1.93 bits per heavy atom. The molecule has 0 spiro atoms. The van der Waals surface area contributed by atoms with E-state index < -0.39 is 10.0 Å². The second-order valence-corrected chi connectivity index (χ2v) is 9.01. The van der Waals surface area contributed by atoms with Crippen LogP contribution in [-0.2, 0) is 14.8 Å². The summed E-state index contributed by atoms with van der Waals surface area (Å²) < 4.78 is 28.1. The molecule has 1 aliphatic rings. The quantitative estimate of drug-likeness (QED) is 0.787. The normalized spacial score (nSPS) is 17.0. The Morgan fingerprint density at radius 1 is 1.15 bits per heavy atom. The highest BCUT2D eigenvalue weighted by molar-refractivity contribution is 7.89. The number of rotatable bonds is 4. The predicted molar refractivity (Wildman–Crippen MR) is 105 cm³/mol. The standard InChI is InChI=1S/C19H26N4O3S/c1-15-7-8-17(16-6-4-9-20-19(15)16)27(25,26)23-11-5-10-22(12-13-23)14-18(24)21(2)3/h4,6-9H,5,10-14H2,1-3H3. The van der Waals surface area contributed by atoms with Gasteiger partial charge < -0.3 is 4.90 Å². The SMILES string of the molecule is Cc1ccc(S(=O)(=O)N2CCCN(CC(=O)N(C)C)CC2)c2cccnc12. The molecule has 0 saturated carbocycles. The van der Waals surface area contributed by atoms with Gasteiger partial charge in [0.05, 0.1) is 17.0 Å². The lowest BCUT2D eigenvalue weighted by Gasteiger charge is -2.23. The summed E-state index contributed by atoms with van der Waals surface area (Å²) in [6.07, 6.45) is 2.37. The van der Waals surface area contributed by atoms with E-state index in [1.807, 2.05) is 24.0 Å². The molecule has 1 aliphatic heterocycles. The van der Waals surface area contributed by atoms with Crippen LogP contribution in [0.4, 0.5) is 0 Å². The monoisotopic (exact) mass is 390 g/mol. The largest absolute Gasteiger partial charge is 0.348 e. The van der Waals surface area contributed by atoms with Gasteiger partial charge in [-0.3, -0.25) is 14.7 Å². The highest BCUT2D eigenvalue weighted by Gasteiger charge is 2.29. The number of carbonyl (C=O) groups excluding carboxylic acids is 1. The van der Waals surface area contributed by atoms with E-state index in [0.717, 1.165) is 5.56 Å². The van der Waals surface area contributed by atoms with Gasteiger partial charge in [0.2, 0.25) is 15.9 Å². The van der Waals surface area contributed by atoms with Crippen molar-refractivity contribution in [2.24, 2.45) is 0 Å². The van der Waals surface area contributed by atoms with Gasteiger partial charge >= 0.3 is 0 Å². The van der Waals surface area contributed by atoms with E-state index in [2.05, 4.69) is 4.98 Å². The van der Waals surface area contributed by atoms with Crippen LogP contribution in [0, 0.1) is 6.92 Å². The molecule has 1 amide bonds. The lowest BCUT2D eigenvalue weighted by molar-refractivity contribution is -0.129. The number of aromatic nitrogens is 1. The van der Waals surface area contributed by atoms with Crippen LogP contribution >= 0.6 is 0 Å². The molecule has 1 aromatic heterocycles. The Kier molecular flexibility index (Phi) is 5.78. The third-order valence-corrected chi connectivity index (χ3v) is 6.91. The van der Waals surface area contributed by atoms with Gasteiger partial charge in [-0.05, 0) is 43.7 Å². The summed E-state index contributed by atoms with van der Waals surface area (Å²) in [5.41, 5.74) is 1.67. The highest BCUT2D eigenvalue weighted by Crippen LogP contribution is 2.27. The maximum atomic E-state index is 13.3. The fourth-order valence-corrected chi connectivity index (χ4v) is 4.98. The number of carbonyl (C=O) groups is 1. The molecule has 0 bridgehead atoms. The molecule has 3 rings (SSSR count). The van der Waals surface area contributed by atoms with E-state index in [0.29, 0.717) is 54.9 Å². The minimum atomic E-state index is -3.63. The lowest BCUT2D eigenvalue weighted by Crippen LogP contribution is -2.39. The van der Waals surface area contributed by atoms with Crippen molar-refractivity contribution in [3.63, 3.8) is 0 Å². The van der Waals surface area contributed by atoms with Crippen molar-refractivity contribution in [2.45, 2.75) is 18.2 Å². The van der Waals surface area contributed by atoms with Crippen LogP contribution in [0.3, 0.4) is 0 Å². The highest BCUT2D eigenvalue weighted by atomic mass is 32.2. The van der Waals surface area contributed by atoms with E-state index in [1.54, 1.807) is 37.3 Å². The summed E-state index contributed by atoms with van der Waals surface area (Å²) in [5.74, 6) is 0.0295. The molecule has 7 nitrogen and oxygen atoms in total. The number of sulfonamides is 1. The Hall–Kier alpha value is -2.03. The number of benzene rings is 1. The Morgan fingerprint density at radius 3 is 2.67 bits per heavy atom. The third-order valence-electron chi connectivity index (χ3n) is 4.95. The topological polar surface area (TPSA) is 73.8 Å². The summed E-state index contributed by atoms with van der Waals surface area (Å²) in [5, 5.41) is 0.654. The maximum absolute atomic E-state index is 13.3. The van der Waals surface area contributed by atoms with Crippen molar-refractivity contribution in [3.05, 3.63) is 36.0 Å². The molecule has 0 radical (unpaired) electrons. The smallest absolute Gasteiger partial charge is 0.243 e. The molecule has 2 heterocycles. The predicted octanol–water partition coefficient (Wildman–Crippen LogP) is 1.33. The van der Waals surface area contributed by atoms with Gasteiger partial charge in [0.15, 0.2) is 0 Å². The van der Waals surface area contributed by atoms with Gasteiger partial charge in [0.1, 0.15) is 0 Å². The minimum absolute atomic E-state index is 0.0295. The van der Waals surface area contributed by atoms with Crippen LogP contribution in [0.15, 0.2) is 35.4 Å². The third kappa shape index (κ3) is 4.12. The summed E-state index contributed by atoms with van der Waals surface area (Å²) >= 11 is 0. The van der Waals surface area contributed by atoms with Gasteiger partial charge in [0.25, 0.3) is 0 Å². The van der Waals surface area contributed by atoms with Crippen LogP contribution in [-0.4, -0.2) is 80.2 Å². The van der Waals surface area contributed by atoms with Crippen molar-refractivity contribution in [2.75, 3.05) is 46.8 Å².